The van der Waals surface area contributed by atoms with Crippen molar-refractivity contribution in [1.29, 1.82) is 0 Å². The fourth-order valence-electron chi connectivity index (χ4n) is 11.7. The molecule has 0 saturated carbocycles. The van der Waals surface area contributed by atoms with Crippen LogP contribution in [0.4, 0.5) is 0 Å². The van der Waals surface area contributed by atoms with Crippen molar-refractivity contribution in [1.82, 2.24) is 52.4 Å². The largest absolute Gasteiger partial charge is 0.508 e. The highest BCUT2D eigenvalue weighted by Gasteiger charge is 2.40. The van der Waals surface area contributed by atoms with Gasteiger partial charge in [0, 0.05) is 80.8 Å². The molecule has 540 valence electrons. The first-order chi connectivity index (χ1) is 47.7. The second-order valence-electron chi connectivity index (χ2n) is 25.2. The molecular formula is C69H94ClN17O13. The smallest absolute Gasteiger partial charge is 0.245 e. The highest BCUT2D eigenvalue weighted by atomic mass is 35.5. The molecule has 100 heavy (non-hydrogen) atoms. The summed E-state index contributed by atoms with van der Waals surface area (Å²) in [7, 11) is 0. The molecule has 0 spiro atoms. The predicted molar refractivity (Wildman–Crippen MR) is 376 cm³/mol. The number of nitrogens with zero attached hydrogens (tertiary/aromatic N) is 3. The standard InChI is InChI=1S/C69H94ClN17O13/c1-39(2)32-51(61(94)81-50(17-10-30-77-69(74)75)67(100)87-31-11-18-57(87)58(91)27-28-59(71)92)82-60(93)49(16-9-29-76-68(72)73)80-63(96)53(35-43-21-25-46(90)26-22-43)84-66(99)56(38-88)86-65(98)55(36-44-37-78-48-15-8-7-14-47(44)48)85-64(97)54(34-42-19-23-45(70)24-20-42)83-62(95)52(79-40(3)89)33-41-12-5-4-6-13-41/h4-8,12-15,19-26,37,39,49-58,78,88,90-91H,9-11,16-18,27-36,38H2,1-3H3,(H2,71,92)(H,79,89)(H,80,96)(H,81,94)(H,82,93)(H,83,95)(H,84,99)(H,85,97)(H,86,98)(H4,72,73,76)(H4,74,75,77). The Kier molecular flexibility index (Phi) is 30.9. The molecule has 10 amide bonds. The average Bonchev–Trinajstić information content (AvgIpc) is 1.64. The molecule has 4 aromatic carbocycles. The van der Waals surface area contributed by atoms with Crippen molar-refractivity contribution in [2.24, 2.45) is 44.6 Å². The Morgan fingerprint density at radius 1 is 0.560 bits per heavy atom. The molecule has 10 atom stereocenters. The summed E-state index contributed by atoms with van der Waals surface area (Å²) in [5.74, 6) is -8.79. The number of fused-ring (bicyclic) bond motifs is 1. The molecule has 10 unspecified atom stereocenters. The van der Waals surface area contributed by atoms with E-state index in [4.69, 9.17) is 40.3 Å². The Bertz CT molecular complexity index is 3640. The van der Waals surface area contributed by atoms with E-state index in [9.17, 15) is 63.3 Å². The van der Waals surface area contributed by atoms with Crippen LogP contribution in [0.3, 0.4) is 0 Å². The maximum atomic E-state index is 14.9. The first-order valence-electron chi connectivity index (χ1n) is 33.2. The van der Waals surface area contributed by atoms with Gasteiger partial charge in [-0.1, -0.05) is 98.2 Å². The molecule has 31 heteroatoms. The van der Waals surface area contributed by atoms with E-state index in [1.54, 1.807) is 98.9 Å². The van der Waals surface area contributed by atoms with Crippen molar-refractivity contribution in [3.05, 3.63) is 137 Å². The summed E-state index contributed by atoms with van der Waals surface area (Å²) in [5.41, 5.74) is 30.6. The lowest BCUT2D eigenvalue weighted by Gasteiger charge is -2.33. The van der Waals surface area contributed by atoms with Crippen molar-refractivity contribution >= 4 is 93.5 Å². The number of aliphatic hydroxyl groups is 2. The fraction of sp³-hybridized carbons (Fsp3) is 0.449. The van der Waals surface area contributed by atoms with Gasteiger partial charge in [0.1, 0.15) is 54.1 Å². The molecular weight excluding hydrogens is 1310 g/mol. The third kappa shape index (κ3) is 25.5. The van der Waals surface area contributed by atoms with Crippen LogP contribution in [0.15, 0.2) is 119 Å². The lowest BCUT2D eigenvalue weighted by molar-refractivity contribution is -0.140. The molecule has 0 aliphatic carbocycles. The second-order valence-corrected chi connectivity index (χ2v) is 25.6. The first-order valence-corrected chi connectivity index (χ1v) is 33.6. The van der Waals surface area contributed by atoms with Gasteiger partial charge in [0.25, 0.3) is 0 Å². The minimum absolute atomic E-state index is 0.000718. The number of phenolic OH excluding ortho intramolecular Hbond substituents is 1. The van der Waals surface area contributed by atoms with Crippen LogP contribution in [-0.2, 0) is 73.6 Å². The Balaban J connectivity index is 1.28. The van der Waals surface area contributed by atoms with Gasteiger partial charge in [0.2, 0.25) is 59.1 Å². The van der Waals surface area contributed by atoms with E-state index in [-0.39, 0.29) is 114 Å². The van der Waals surface area contributed by atoms with Crippen molar-refractivity contribution in [3.63, 3.8) is 0 Å². The quantitative estimate of drug-likeness (QED) is 0.0133. The molecule has 1 aliphatic heterocycles. The average molecular weight is 1410 g/mol. The highest BCUT2D eigenvalue weighted by molar-refractivity contribution is 6.30. The molecule has 22 N–H and O–H groups in total. The zero-order chi connectivity index (χ0) is 73.0. The number of para-hydroxylation sites is 1. The van der Waals surface area contributed by atoms with Crippen LogP contribution in [0.2, 0.25) is 5.02 Å². The van der Waals surface area contributed by atoms with Crippen LogP contribution >= 0.6 is 11.6 Å². The van der Waals surface area contributed by atoms with Gasteiger partial charge in [-0.3, -0.25) is 57.9 Å². The topological polar surface area (TPSA) is 501 Å². The van der Waals surface area contributed by atoms with E-state index in [2.05, 4.69) is 57.5 Å². The van der Waals surface area contributed by atoms with Crippen molar-refractivity contribution < 1.29 is 63.3 Å². The number of likely N-dealkylation sites (tertiary alicyclic amines) is 1. The van der Waals surface area contributed by atoms with E-state index >= 15 is 0 Å². The zero-order valence-electron chi connectivity index (χ0n) is 56.3. The van der Waals surface area contributed by atoms with Gasteiger partial charge in [-0.15, -0.1) is 0 Å². The molecule has 30 nitrogen and oxygen atoms in total. The third-order valence-electron chi connectivity index (χ3n) is 16.7. The number of guanidine groups is 2. The summed E-state index contributed by atoms with van der Waals surface area (Å²) in [6, 6.07) is 15.9. The number of aliphatic imine (C=N–C) groups is 2. The van der Waals surface area contributed by atoms with Gasteiger partial charge >= 0.3 is 0 Å². The molecule has 1 saturated heterocycles. The van der Waals surface area contributed by atoms with Gasteiger partial charge in [-0.25, -0.2) is 0 Å². The molecule has 1 fully saturated rings. The lowest BCUT2D eigenvalue weighted by atomic mass is 10.00. The summed E-state index contributed by atoms with van der Waals surface area (Å²) in [6.45, 7) is 4.08. The second kappa shape index (κ2) is 39.3. The minimum atomic E-state index is -1.83. The van der Waals surface area contributed by atoms with Crippen molar-refractivity contribution in [2.45, 2.75) is 165 Å². The summed E-state index contributed by atoms with van der Waals surface area (Å²) in [5, 5.41) is 54.9. The molecule has 0 bridgehead atoms. The number of carbonyl (C=O) groups is 10. The van der Waals surface area contributed by atoms with Gasteiger partial charge in [0.05, 0.1) is 18.8 Å². The van der Waals surface area contributed by atoms with E-state index in [1.165, 1.54) is 36.1 Å². The number of benzene rings is 4. The van der Waals surface area contributed by atoms with E-state index in [0.29, 0.717) is 51.0 Å². The Hall–Kier alpha value is -10.3. The SMILES string of the molecule is CC(=O)NC(Cc1ccccc1)C(=O)NC(Cc1ccc(Cl)cc1)C(=O)NC(Cc1c[nH]c2ccccc12)C(=O)NC(CO)C(=O)NC(Cc1ccc(O)cc1)C(=O)NC(CCCN=C(N)N)C(=O)NC(CC(C)C)C(=O)NC(CCCN=C(N)N)C(=O)N1CCCC1C(O)CCC(N)=O. The number of nitrogens with one attached hydrogen (secondary N) is 9. The van der Waals surface area contributed by atoms with Crippen LogP contribution in [0.5, 0.6) is 5.75 Å². The number of aromatic nitrogens is 1. The van der Waals surface area contributed by atoms with Gasteiger partial charge in [-0.05, 0) is 110 Å². The maximum Gasteiger partial charge on any atom is 0.245 e. The fourth-order valence-corrected chi connectivity index (χ4v) is 11.8. The number of H-pyrrole nitrogens is 1. The normalized spacial score (nSPS) is 15.4. The number of aromatic hydroxyl groups is 1. The number of hydrogen-bond acceptors (Lipinski definition) is 15. The number of phenols is 1. The molecule has 2 heterocycles. The van der Waals surface area contributed by atoms with Crippen LogP contribution in [0, 0.1) is 5.92 Å². The Labute approximate surface area is 584 Å². The van der Waals surface area contributed by atoms with E-state index < -0.39 is 126 Å². The molecule has 6 rings (SSSR count). The van der Waals surface area contributed by atoms with Crippen LogP contribution in [0.1, 0.15) is 101 Å². The maximum absolute atomic E-state index is 14.9. The Morgan fingerprint density at radius 2 is 1.01 bits per heavy atom. The summed E-state index contributed by atoms with van der Waals surface area (Å²) in [4.78, 5) is 154. The minimum Gasteiger partial charge on any atom is -0.508 e. The van der Waals surface area contributed by atoms with Crippen molar-refractivity contribution in [2.75, 3.05) is 26.2 Å². The number of nitrogens with two attached hydrogens (primary N) is 5. The van der Waals surface area contributed by atoms with Gasteiger partial charge in [0.15, 0.2) is 11.9 Å². The molecule has 1 aliphatic rings. The number of hydrogen-bond donors (Lipinski definition) is 17. The number of aromatic amines is 1. The summed E-state index contributed by atoms with van der Waals surface area (Å²) in [6.07, 6.45) is 0.943. The monoisotopic (exact) mass is 1400 g/mol. The number of halogens is 1. The van der Waals surface area contributed by atoms with E-state index in [0.717, 1.165) is 0 Å². The van der Waals surface area contributed by atoms with Crippen LogP contribution in [-0.4, -0.2) is 183 Å². The number of carbonyl (C=O) groups excluding carboxylic acids is 10. The van der Waals surface area contributed by atoms with Gasteiger partial charge < -0.3 is 96.4 Å². The van der Waals surface area contributed by atoms with E-state index in [1.807, 2.05) is 0 Å². The highest BCUT2D eigenvalue weighted by Crippen LogP contribution is 2.26. The number of amides is 10. The molecule has 0 radical (unpaired) electrons. The van der Waals surface area contributed by atoms with Gasteiger partial charge in [-0.2, -0.15) is 0 Å². The first kappa shape index (κ1) is 78.7. The summed E-state index contributed by atoms with van der Waals surface area (Å²) >= 11 is 6.23. The lowest BCUT2D eigenvalue weighted by Crippen LogP contribution is -2.61. The predicted octanol–water partition coefficient (Wildman–Crippen LogP) is -0.541. The Morgan fingerprint density at radius 3 is 1.55 bits per heavy atom. The number of primary amides is 1. The van der Waals surface area contributed by atoms with Crippen LogP contribution in [0.25, 0.3) is 10.9 Å². The van der Waals surface area contributed by atoms with Crippen LogP contribution < -0.4 is 71.2 Å². The third-order valence-corrected chi connectivity index (χ3v) is 17.0. The van der Waals surface area contributed by atoms with Crippen molar-refractivity contribution in [3.8, 4) is 5.75 Å². The molecule has 5 aromatic rings. The zero-order valence-corrected chi connectivity index (χ0v) is 57.1. The summed E-state index contributed by atoms with van der Waals surface area (Å²) < 4.78 is 0. The molecule has 1 aromatic heterocycles. The number of aliphatic hydroxyl groups excluding tert-OH is 2. The number of rotatable bonds is 39.